The monoisotopic (exact) mass is 211 g/mol. The average Bonchev–Trinajstić information content (AvgIpc) is 2.27. The number of nitrogens with one attached hydrogen (secondary N) is 1. The minimum Gasteiger partial charge on any atom is -0.393 e. The van der Waals surface area contributed by atoms with Gasteiger partial charge in [-0.05, 0) is 13.3 Å². The van der Waals surface area contributed by atoms with Crippen LogP contribution in [0.5, 0.6) is 0 Å². The fourth-order valence-electron chi connectivity index (χ4n) is 1.02. The van der Waals surface area contributed by atoms with E-state index in [0.717, 1.165) is 12.1 Å². The van der Waals surface area contributed by atoms with Gasteiger partial charge in [-0.3, -0.25) is 0 Å². The molecule has 0 amide bonds. The number of aliphatic hydroxyl groups is 2. The molecule has 1 heterocycles. The van der Waals surface area contributed by atoms with Crippen LogP contribution in [0.1, 0.15) is 19.5 Å². The van der Waals surface area contributed by atoms with Crippen LogP contribution in [0.15, 0.2) is 12.4 Å². The number of hydrogen-bond donors (Lipinski definition) is 3. The largest absolute Gasteiger partial charge is 0.393 e. The summed E-state index contributed by atoms with van der Waals surface area (Å²) in [5, 5.41) is 21.4. The second kappa shape index (κ2) is 5.04. The zero-order chi connectivity index (χ0) is 11.3. The van der Waals surface area contributed by atoms with Crippen LogP contribution >= 0.6 is 0 Å². The minimum absolute atomic E-state index is 0.254. The van der Waals surface area contributed by atoms with Crippen molar-refractivity contribution < 1.29 is 10.2 Å². The molecule has 5 nitrogen and oxygen atoms in total. The summed E-state index contributed by atoms with van der Waals surface area (Å²) in [4.78, 5) is 8.07. The molecular weight excluding hydrogens is 194 g/mol. The van der Waals surface area contributed by atoms with Gasteiger partial charge in [-0.2, -0.15) is 0 Å². The molecule has 0 saturated carbocycles. The van der Waals surface area contributed by atoms with Crippen molar-refractivity contribution in [3.8, 4) is 0 Å². The number of aryl methyl sites for hydroxylation is 1. The van der Waals surface area contributed by atoms with E-state index in [9.17, 15) is 5.11 Å². The van der Waals surface area contributed by atoms with E-state index in [1.165, 1.54) is 6.33 Å². The fraction of sp³-hybridized carbons (Fsp3) is 0.600. The second-order valence-electron chi connectivity index (χ2n) is 3.76. The van der Waals surface area contributed by atoms with Crippen molar-refractivity contribution in [2.75, 3.05) is 18.5 Å². The van der Waals surface area contributed by atoms with Gasteiger partial charge in [-0.15, -0.1) is 0 Å². The van der Waals surface area contributed by atoms with Gasteiger partial charge in [0.2, 0.25) is 0 Å². The summed E-state index contributed by atoms with van der Waals surface area (Å²) in [6, 6.07) is 1.83. The van der Waals surface area contributed by atoms with Crippen molar-refractivity contribution in [3.05, 3.63) is 18.1 Å². The average molecular weight is 211 g/mol. The van der Waals surface area contributed by atoms with E-state index in [1.54, 1.807) is 6.92 Å². The second-order valence-corrected chi connectivity index (χ2v) is 3.76. The fourth-order valence-corrected chi connectivity index (χ4v) is 1.02. The summed E-state index contributed by atoms with van der Waals surface area (Å²) in [6.07, 6.45) is 2.32. The molecular formula is C10H17N3O2. The highest BCUT2D eigenvalue weighted by molar-refractivity contribution is 5.35. The van der Waals surface area contributed by atoms with E-state index < -0.39 is 5.60 Å². The first-order valence-corrected chi connectivity index (χ1v) is 4.95. The first-order valence-electron chi connectivity index (χ1n) is 4.95. The van der Waals surface area contributed by atoms with Crippen LogP contribution in [0, 0.1) is 0 Å². The highest BCUT2D eigenvalue weighted by Crippen LogP contribution is 2.07. The maximum absolute atomic E-state index is 9.56. The van der Waals surface area contributed by atoms with Crippen molar-refractivity contribution in [2.45, 2.75) is 25.9 Å². The molecule has 0 saturated heterocycles. The summed E-state index contributed by atoms with van der Waals surface area (Å²) >= 11 is 0. The van der Waals surface area contributed by atoms with Gasteiger partial charge in [0.15, 0.2) is 0 Å². The normalized spacial score (nSPS) is 14.7. The zero-order valence-electron chi connectivity index (χ0n) is 9.06. The molecule has 1 rings (SSSR count). The quantitative estimate of drug-likeness (QED) is 0.648. The molecule has 0 bridgehead atoms. The van der Waals surface area contributed by atoms with Crippen LogP contribution in [0.3, 0.4) is 0 Å². The van der Waals surface area contributed by atoms with E-state index in [-0.39, 0.29) is 13.2 Å². The minimum atomic E-state index is -1.13. The SMILES string of the molecule is CCc1cc(NCC(C)(O)CO)ncn1. The van der Waals surface area contributed by atoms with Gasteiger partial charge < -0.3 is 15.5 Å². The molecule has 1 atom stereocenters. The van der Waals surface area contributed by atoms with Crippen molar-refractivity contribution >= 4 is 5.82 Å². The van der Waals surface area contributed by atoms with Gasteiger partial charge in [0.25, 0.3) is 0 Å². The van der Waals surface area contributed by atoms with Crippen LogP contribution in [0.2, 0.25) is 0 Å². The Kier molecular flexibility index (Phi) is 3.99. The molecule has 1 aromatic rings. The maximum atomic E-state index is 9.56. The lowest BCUT2D eigenvalue weighted by molar-refractivity contribution is 0.0131. The lowest BCUT2D eigenvalue weighted by Gasteiger charge is -2.20. The first kappa shape index (κ1) is 11.9. The predicted octanol–water partition coefficient (Wildman–Crippen LogP) is 0.194. The topological polar surface area (TPSA) is 78.3 Å². The lowest BCUT2D eigenvalue weighted by Crippen LogP contribution is -2.37. The smallest absolute Gasteiger partial charge is 0.129 e. The third-order valence-electron chi connectivity index (χ3n) is 2.08. The third kappa shape index (κ3) is 3.81. The van der Waals surface area contributed by atoms with Crippen molar-refractivity contribution in [1.82, 2.24) is 9.97 Å². The van der Waals surface area contributed by atoms with E-state index in [1.807, 2.05) is 13.0 Å². The molecule has 0 spiro atoms. The Labute approximate surface area is 89.2 Å². The third-order valence-corrected chi connectivity index (χ3v) is 2.08. The van der Waals surface area contributed by atoms with Crippen LogP contribution in [0.4, 0.5) is 5.82 Å². The number of hydrogen-bond acceptors (Lipinski definition) is 5. The Morgan fingerprint density at radius 3 is 2.80 bits per heavy atom. The van der Waals surface area contributed by atoms with Crippen LogP contribution < -0.4 is 5.32 Å². The van der Waals surface area contributed by atoms with Crippen LogP contribution in [0.25, 0.3) is 0 Å². The first-order chi connectivity index (χ1) is 7.07. The molecule has 1 aromatic heterocycles. The van der Waals surface area contributed by atoms with E-state index >= 15 is 0 Å². The van der Waals surface area contributed by atoms with E-state index in [2.05, 4.69) is 15.3 Å². The standard InChI is InChI=1S/C10H17N3O2/c1-3-8-4-9(13-7-12-8)11-5-10(2,15)6-14/h4,7,14-15H,3,5-6H2,1-2H3,(H,11,12,13). The van der Waals surface area contributed by atoms with Crippen LogP contribution in [-0.4, -0.2) is 38.9 Å². The highest BCUT2D eigenvalue weighted by atomic mass is 16.3. The Morgan fingerprint density at radius 2 is 2.20 bits per heavy atom. The Balaban J connectivity index is 2.57. The maximum Gasteiger partial charge on any atom is 0.129 e. The summed E-state index contributed by atoms with van der Waals surface area (Å²) in [7, 11) is 0. The van der Waals surface area contributed by atoms with E-state index in [0.29, 0.717) is 5.82 Å². The number of anilines is 1. The van der Waals surface area contributed by atoms with Crippen molar-refractivity contribution in [2.24, 2.45) is 0 Å². The van der Waals surface area contributed by atoms with Crippen molar-refractivity contribution in [3.63, 3.8) is 0 Å². The molecule has 0 fully saturated rings. The zero-order valence-corrected chi connectivity index (χ0v) is 9.06. The summed E-state index contributed by atoms with van der Waals surface area (Å²) < 4.78 is 0. The molecule has 3 N–H and O–H groups in total. The Bertz CT molecular complexity index is 315. The molecule has 0 aliphatic carbocycles. The van der Waals surface area contributed by atoms with Gasteiger partial charge in [0, 0.05) is 18.3 Å². The number of rotatable bonds is 5. The Hall–Kier alpha value is -1.20. The number of aromatic nitrogens is 2. The summed E-state index contributed by atoms with van der Waals surface area (Å²) in [5.41, 5.74) is -0.187. The van der Waals surface area contributed by atoms with E-state index in [4.69, 9.17) is 5.11 Å². The molecule has 15 heavy (non-hydrogen) atoms. The lowest BCUT2D eigenvalue weighted by atomic mass is 10.1. The van der Waals surface area contributed by atoms with Gasteiger partial charge in [0.1, 0.15) is 17.7 Å². The summed E-state index contributed by atoms with van der Waals surface area (Å²) in [6.45, 7) is 3.54. The Morgan fingerprint density at radius 1 is 1.47 bits per heavy atom. The molecule has 5 heteroatoms. The predicted molar refractivity (Wildman–Crippen MR) is 57.6 cm³/mol. The van der Waals surface area contributed by atoms with Crippen LogP contribution in [-0.2, 0) is 6.42 Å². The van der Waals surface area contributed by atoms with Gasteiger partial charge >= 0.3 is 0 Å². The molecule has 1 unspecified atom stereocenters. The number of nitrogens with zero attached hydrogens (tertiary/aromatic N) is 2. The van der Waals surface area contributed by atoms with Gasteiger partial charge in [0.05, 0.1) is 6.61 Å². The molecule has 84 valence electrons. The molecule has 0 aliphatic rings. The molecule has 0 aromatic carbocycles. The number of aliphatic hydroxyl groups excluding tert-OH is 1. The van der Waals surface area contributed by atoms with Gasteiger partial charge in [-0.1, -0.05) is 6.92 Å². The highest BCUT2D eigenvalue weighted by Gasteiger charge is 2.18. The summed E-state index contributed by atoms with van der Waals surface area (Å²) in [5.74, 6) is 0.663. The van der Waals surface area contributed by atoms with Gasteiger partial charge in [-0.25, -0.2) is 9.97 Å². The molecule has 0 radical (unpaired) electrons. The van der Waals surface area contributed by atoms with Crippen molar-refractivity contribution in [1.29, 1.82) is 0 Å². The molecule has 0 aliphatic heterocycles.